The van der Waals surface area contributed by atoms with Crippen molar-refractivity contribution < 1.29 is 14.4 Å². The van der Waals surface area contributed by atoms with Gasteiger partial charge in [0, 0.05) is 0 Å². The number of nitrogens with one attached hydrogen (secondary N) is 1. The highest BCUT2D eigenvalue weighted by molar-refractivity contribution is 8.00. The third-order valence-electron chi connectivity index (χ3n) is 1.49. The zero-order valence-electron chi connectivity index (χ0n) is 7.41. The Morgan fingerprint density at radius 3 is 3.08 bits per heavy atom. The summed E-state index contributed by atoms with van der Waals surface area (Å²) in [6, 6.07) is 0. The zero-order valence-corrected chi connectivity index (χ0v) is 8.23. The molecule has 0 spiro atoms. The summed E-state index contributed by atoms with van der Waals surface area (Å²) in [6.07, 6.45) is 0. The Hall–Kier alpha value is -0.750. The molecule has 1 aliphatic heterocycles. The molecule has 1 N–H and O–H groups in total. The lowest BCUT2D eigenvalue weighted by Gasteiger charge is -2.13. The molecule has 0 unspecified atom stereocenters. The lowest BCUT2D eigenvalue weighted by Crippen LogP contribution is -2.38. The van der Waals surface area contributed by atoms with Crippen LogP contribution in [0.1, 0.15) is 6.92 Å². The van der Waals surface area contributed by atoms with Crippen molar-refractivity contribution in [3.8, 4) is 0 Å². The number of hydroxylamine groups is 1. The second kappa shape index (κ2) is 5.08. The van der Waals surface area contributed by atoms with Crippen LogP contribution < -0.4 is 5.48 Å². The molecule has 0 saturated carbocycles. The molecule has 0 aromatic carbocycles. The van der Waals surface area contributed by atoms with E-state index in [1.165, 1.54) is 16.7 Å². The minimum Gasteiger partial charge on any atom is -0.323 e. The van der Waals surface area contributed by atoms with Crippen molar-refractivity contribution in [1.29, 1.82) is 0 Å². The van der Waals surface area contributed by atoms with Crippen molar-refractivity contribution in [2.75, 3.05) is 24.8 Å². The Kier molecular flexibility index (Phi) is 4.04. The van der Waals surface area contributed by atoms with Gasteiger partial charge in [-0.2, -0.15) is 0 Å². The van der Waals surface area contributed by atoms with Gasteiger partial charge < -0.3 is 4.90 Å². The first-order chi connectivity index (χ1) is 6.24. The molecule has 0 aromatic rings. The van der Waals surface area contributed by atoms with E-state index in [0.717, 1.165) is 0 Å². The van der Waals surface area contributed by atoms with E-state index in [1.54, 1.807) is 6.92 Å². The first-order valence-corrected chi connectivity index (χ1v) is 5.15. The molecule has 6 heteroatoms. The van der Waals surface area contributed by atoms with E-state index in [-0.39, 0.29) is 18.4 Å². The zero-order chi connectivity index (χ0) is 9.68. The van der Waals surface area contributed by atoms with E-state index in [0.29, 0.717) is 18.2 Å². The summed E-state index contributed by atoms with van der Waals surface area (Å²) in [7, 11) is 0. The van der Waals surface area contributed by atoms with Gasteiger partial charge in [0.05, 0.1) is 18.2 Å². The number of rotatable bonds is 4. The van der Waals surface area contributed by atoms with Gasteiger partial charge in [-0.25, -0.2) is 5.48 Å². The van der Waals surface area contributed by atoms with Gasteiger partial charge in [-0.05, 0) is 6.92 Å². The molecule has 1 rings (SSSR count). The largest absolute Gasteiger partial charge is 0.323 e. The van der Waals surface area contributed by atoms with E-state index < -0.39 is 0 Å². The molecule has 2 amide bonds. The first kappa shape index (κ1) is 10.3. The molecular formula is C7H12N2O3S. The minimum atomic E-state index is -0.280. The van der Waals surface area contributed by atoms with E-state index in [1.807, 2.05) is 0 Å². The Morgan fingerprint density at radius 1 is 1.77 bits per heavy atom. The molecule has 1 aliphatic rings. The summed E-state index contributed by atoms with van der Waals surface area (Å²) in [5.74, 6) is 0.801. The van der Waals surface area contributed by atoms with Crippen molar-refractivity contribution in [2.24, 2.45) is 0 Å². The molecule has 5 nitrogen and oxygen atoms in total. The number of nitrogens with zero attached hydrogens (tertiary/aromatic N) is 1. The van der Waals surface area contributed by atoms with Crippen molar-refractivity contribution in [3.63, 3.8) is 0 Å². The van der Waals surface area contributed by atoms with Gasteiger partial charge in [-0.1, -0.05) is 0 Å². The van der Waals surface area contributed by atoms with Crippen LogP contribution in [0.3, 0.4) is 0 Å². The average molecular weight is 204 g/mol. The van der Waals surface area contributed by atoms with Crippen LogP contribution in [0.5, 0.6) is 0 Å². The predicted molar refractivity (Wildman–Crippen MR) is 48.8 cm³/mol. The molecule has 74 valence electrons. The van der Waals surface area contributed by atoms with Gasteiger partial charge >= 0.3 is 0 Å². The average Bonchev–Trinajstić information content (AvgIpc) is 2.48. The monoisotopic (exact) mass is 204 g/mol. The number of amides is 2. The van der Waals surface area contributed by atoms with Crippen LogP contribution in [0.25, 0.3) is 0 Å². The number of thioether (sulfide) groups is 1. The number of hydrogen-bond acceptors (Lipinski definition) is 4. The smallest absolute Gasteiger partial charge is 0.263 e. The van der Waals surface area contributed by atoms with Crippen molar-refractivity contribution >= 4 is 23.6 Å². The first-order valence-electron chi connectivity index (χ1n) is 4.00. The molecule has 1 saturated heterocycles. The minimum absolute atomic E-state index is 0.0108. The molecule has 1 heterocycles. The topological polar surface area (TPSA) is 58.6 Å². The molecule has 13 heavy (non-hydrogen) atoms. The molecule has 0 radical (unpaired) electrons. The van der Waals surface area contributed by atoms with Crippen LogP contribution in [-0.2, 0) is 14.4 Å². The van der Waals surface area contributed by atoms with Crippen LogP contribution in [0.15, 0.2) is 0 Å². The Bertz CT molecular complexity index is 210. The van der Waals surface area contributed by atoms with Crippen molar-refractivity contribution in [3.05, 3.63) is 0 Å². The molecule has 1 fully saturated rings. The lowest BCUT2D eigenvalue weighted by atomic mass is 10.5. The van der Waals surface area contributed by atoms with E-state index in [4.69, 9.17) is 4.84 Å². The highest BCUT2D eigenvalue weighted by Gasteiger charge is 2.22. The van der Waals surface area contributed by atoms with Gasteiger partial charge in [0.15, 0.2) is 0 Å². The summed E-state index contributed by atoms with van der Waals surface area (Å²) in [5, 5.41) is 0. The van der Waals surface area contributed by atoms with E-state index >= 15 is 0 Å². The van der Waals surface area contributed by atoms with E-state index in [9.17, 15) is 9.59 Å². The Balaban J connectivity index is 2.23. The third-order valence-corrected chi connectivity index (χ3v) is 2.44. The van der Waals surface area contributed by atoms with Gasteiger partial charge in [-0.15, -0.1) is 11.8 Å². The summed E-state index contributed by atoms with van der Waals surface area (Å²) >= 11 is 1.51. The quantitative estimate of drug-likeness (QED) is 0.632. The van der Waals surface area contributed by atoms with Crippen LogP contribution in [0.2, 0.25) is 0 Å². The number of carbonyl (C=O) groups is 2. The van der Waals surface area contributed by atoms with Crippen LogP contribution >= 0.6 is 11.8 Å². The fourth-order valence-corrected chi connectivity index (χ4v) is 1.80. The normalized spacial score (nSPS) is 16.4. The molecule has 0 aliphatic carbocycles. The maximum atomic E-state index is 11.1. The second-order valence-electron chi connectivity index (χ2n) is 2.53. The van der Waals surface area contributed by atoms with Gasteiger partial charge in [0.2, 0.25) is 5.91 Å². The molecule has 0 bridgehead atoms. The van der Waals surface area contributed by atoms with Crippen molar-refractivity contribution in [2.45, 2.75) is 6.92 Å². The highest BCUT2D eigenvalue weighted by atomic mass is 32.2. The Labute approximate surface area is 80.7 Å². The van der Waals surface area contributed by atoms with Crippen molar-refractivity contribution in [1.82, 2.24) is 10.4 Å². The lowest BCUT2D eigenvalue weighted by molar-refractivity contribution is -0.139. The summed E-state index contributed by atoms with van der Waals surface area (Å²) < 4.78 is 0. The molecule has 0 atom stereocenters. The van der Waals surface area contributed by atoms with Crippen LogP contribution in [0, 0.1) is 0 Å². The fraction of sp³-hybridized carbons (Fsp3) is 0.714. The van der Waals surface area contributed by atoms with Crippen LogP contribution in [0.4, 0.5) is 0 Å². The Morgan fingerprint density at radius 2 is 2.54 bits per heavy atom. The van der Waals surface area contributed by atoms with E-state index in [2.05, 4.69) is 5.48 Å². The number of hydrogen-bond donors (Lipinski definition) is 1. The van der Waals surface area contributed by atoms with Gasteiger partial charge in [0.25, 0.3) is 5.91 Å². The second-order valence-corrected chi connectivity index (χ2v) is 3.48. The maximum Gasteiger partial charge on any atom is 0.263 e. The van der Waals surface area contributed by atoms with Gasteiger partial charge in [-0.3, -0.25) is 14.4 Å². The third kappa shape index (κ3) is 3.23. The summed E-state index contributed by atoms with van der Waals surface area (Å²) in [5.41, 5.74) is 2.24. The van der Waals surface area contributed by atoms with Gasteiger partial charge in [0.1, 0.15) is 6.54 Å². The number of carbonyl (C=O) groups excluding carboxylic acids is 2. The maximum absolute atomic E-state index is 11.1. The highest BCUT2D eigenvalue weighted by Crippen LogP contribution is 2.13. The predicted octanol–water partition coefficient (Wildman–Crippen LogP) is -0.413. The fourth-order valence-electron chi connectivity index (χ4n) is 0.899. The standard InChI is InChI=1S/C7H12N2O3S/c1-2-12-8-6(10)3-9-5-13-4-7(9)11/h2-5H2,1H3,(H,8,10). The summed E-state index contributed by atoms with van der Waals surface area (Å²) in [4.78, 5) is 28.3. The molecule has 0 aromatic heterocycles. The molecular weight excluding hydrogens is 192 g/mol. The SMILES string of the molecule is CCONC(=O)CN1CSCC1=O. The van der Waals surface area contributed by atoms with Crippen LogP contribution in [-0.4, -0.2) is 41.5 Å². The summed E-state index contributed by atoms with van der Waals surface area (Å²) in [6.45, 7) is 2.29.